The highest BCUT2D eigenvalue weighted by Gasteiger charge is 2.05. The minimum atomic E-state index is -0.283. The van der Waals surface area contributed by atoms with Gasteiger partial charge in [-0.25, -0.2) is 4.98 Å². The fraction of sp³-hybridized carbons (Fsp3) is 0.583. The number of hydrogen-bond acceptors (Lipinski definition) is 5. The lowest BCUT2D eigenvalue weighted by Crippen LogP contribution is -2.25. The summed E-state index contributed by atoms with van der Waals surface area (Å²) < 4.78 is 6.39. The number of anilines is 1. The first-order valence-corrected chi connectivity index (χ1v) is 6.14. The Morgan fingerprint density at radius 1 is 1.50 bits per heavy atom. The van der Waals surface area contributed by atoms with Crippen molar-refractivity contribution in [2.75, 3.05) is 18.5 Å². The normalized spacial score (nSPS) is 10.1. The molecule has 6 heteroatoms. The first kappa shape index (κ1) is 14.2. The number of hydrogen-bond donors (Lipinski definition) is 1. The molecule has 0 spiro atoms. The Bertz CT molecular complexity index is 442. The summed E-state index contributed by atoms with van der Waals surface area (Å²) in [5.74, 6) is -0.00920. The summed E-state index contributed by atoms with van der Waals surface area (Å²) >= 11 is 0. The van der Waals surface area contributed by atoms with E-state index in [9.17, 15) is 9.59 Å². The quantitative estimate of drug-likeness (QED) is 0.734. The summed E-state index contributed by atoms with van der Waals surface area (Å²) in [5.41, 5.74) is -0.164. The second kappa shape index (κ2) is 7.47. The van der Waals surface area contributed by atoms with Crippen LogP contribution in [0.2, 0.25) is 0 Å². The summed E-state index contributed by atoms with van der Waals surface area (Å²) in [6.07, 6.45) is 4.33. The van der Waals surface area contributed by atoms with E-state index in [1.165, 1.54) is 0 Å². The van der Waals surface area contributed by atoms with Gasteiger partial charge in [-0.3, -0.25) is 9.59 Å². The van der Waals surface area contributed by atoms with Crippen molar-refractivity contribution in [1.29, 1.82) is 0 Å². The highest BCUT2D eigenvalue weighted by molar-refractivity contribution is 5.69. The van der Waals surface area contributed by atoms with Crippen LogP contribution in [-0.4, -0.2) is 28.7 Å². The zero-order chi connectivity index (χ0) is 13.4. The van der Waals surface area contributed by atoms with E-state index in [4.69, 9.17) is 4.74 Å². The van der Waals surface area contributed by atoms with Crippen molar-refractivity contribution in [3.05, 3.63) is 22.7 Å². The van der Waals surface area contributed by atoms with E-state index >= 15 is 0 Å². The molecule has 0 saturated carbocycles. The van der Waals surface area contributed by atoms with Crippen LogP contribution in [0, 0.1) is 0 Å². The van der Waals surface area contributed by atoms with Crippen LogP contribution in [0.15, 0.2) is 17.2 Å². The van der Waals surface area contributed by atoms with Gasteiger partial charge in [-0.15, -0.1) is 0 Å². The SMILES string of the molecule is CCCn1ccnc(NCCC(=O)OCC)c1=O. The molecular formula is C12H19N3O3. The molecule has 0 aliphatic rings. The maximum atomic E-state index is 11.9. The van der Waals surface area contributed by atoms with E-state index in [0.29, 0.717) is 19.7 Å². The summed E-state index contributed by atoms with van der Waals surface area (Å²) in [5, 5.41) is 2.86. The van der Waals surface area contributed by atoms with Gasteiger partial charge in [-0.1, -0.05) is 6.92 Å². The van der Waals surface area contributed by atoms with Crippen molar-refractivity contribution in [1.82, 2.24) is 9.55 Å². The van der Waals surface area contributed by atoms with Gasteiger partial charge in [0.05, 0.1) is 13.0 Å². The van der Waals surface area contributed by atoms with Crippen molar-refractivity contribution < 1.29 is 9.53 Å². The Morgan fingerprint density at radius 3 is 2.94 bits per heavy atom. The van der Waals surface area contributed by atoms with E-state index in [1.807, 2.05) is 6.92 Å². The number of aromatic nitrogens is 2. The van der Waals surface area contributed by atoms with E-state index in [1.54, 1.807) is 23.9 Å². The monoisotopic (exact) mass is 253 g/mol. The number of nitrogens with one attached hydrogen (secondary N) is 1. The first-order valence-electron chi connectivity index (χ1n) is 6.14. The van der Waals surface area contributed by atoms with Crippen molar-refractivity contribution >= 4 is 11.8 Å². The lowest BCUT2D eigenvalue weighted by molar-refractivity contribution is -0.142. The predicted molar refractivity (Wildman–Crippen MR) is 68.5 cm³/mol. The minimum Gasteiger partial charge on any atom is -0.466 e. The van der Waals surface area contributed by atoms with Crippen molar-refractivity contribution in [3.63, 3.8) is 0 Å². The largest absolute Gasteiger partial charge is 0.466 e. The molecule has 0 amide bonds. The molecule has 0 saturated heterocycles. The van der Waals surface area contributed by atoms with Gasteiger partial charge in [0, 0.05) is 25.5 Å². The van der Waals surface area contributed by atoms with Crippen LogP contribution in [-0.2, 0) is 16.1 Å². The average Bonchev–Trinajstić information content (AvgIpc) is 2.34. The number of carbonyl (C=O) groups is 1. The fourth-order valence-corrected chi connectivity index (χ4v) is 1.50. The number of nitrogens with zero attached hydrogens (tertiary/aromatic N) is 2. The molecular weight excluding hydrogens is 234 g/mol. The third-order valence-corrected chi connectivity index (χ3v) is 2.31. The van der Waals surface area contributed by atoms with Crippen LogP contribution in [0.25, 0.3) is 0 Å². The molecule has 18 heavy (non-hydrogen) atoms. The molecule has 0 atom stereocenters. The highest BCUT2D eigenvalue weighted by Crippen LogP contribution is 1.95. The molecule has 1 rings (SSSR count). The molecule has 1 N–H and O–H groups in total. The molecule has 0 aliphatic heterocycles. The number of carbonyl (C=O) groups excluding carboxylic acids is 1. The third kappa shape index (κ3) is 4.20. The molecule has 0 fully saturated rings. The molecule has 1 aromatic heterocycles. The summed E-state index contributed by atoms with van der Waals surface area (Å²) in [4.78, 5) is 27.0. The molecule has 6 nitrogen and oxygen atoms in total. The van der Waals surface area contributed by atoms with Crippen LogP contribution in [0.1, 0.15) is 26.7 Å². The zero-order valence-corrected chi connectivity index (χ0v) is 10.8. The Kier molecular flexibility index (Phi) is 5.90. The maximum Gasteiger partial charge on any atom is 0.307 e. The van der Waals surface area contributed by atoms with Gasteiger partial charge in [0.1, 0.15) is 0 Å². The second-order valence-electron chi connectivity index (χ2n) is 3.76. The molecule has 0 bridgehead atoms. The Labute approximate surface area is 106 Å². The van der Waals surface area contributed by atoms with E-state index in [-0.39, 0.29) is 23.8 Å². The smallest absolute Gasteiger partial charge is 0.307 e. The van der Waals surface area contributed by atoms with Gasteiger partial charge in [-0.2, -0.15) is 0 Å². The van der Waals surface area contributed by atoms with Crippen LogP contribution in [0.3, 0.4) is 0 Å². The highest BCUT2D eigenvalue weighted by atomic mass is 16.5. The third-order valence-electron chi connectivity index (χ3n) is 2.31. The van der Waals surface area contributed by atoms with Crippen molar-refractivity contribution in [2.45, 2.75) is 33.2 Å². The number of ether oxygens (including phenoxy) is 1. The standard InChI is InChI=1S/C12H19N3O3/c1-3-8-15-9-7-14-11(12(15)17)13-6-5-10(16)18-4-2/h7,9H,3-6,8H2,1-2H3,(H,13,14). The van der Waals surface area contributed by atoms with Crippen LogP contribution in [0.5, 0.6) is 0 Å². The zero-order valence-electron chi connectivity index (χ0n) is 10.8. The first-order chi connectivity index (χ1) is 8.69. The molecule has 1 heterocycles. The molecule has 0 aromatic carbocycles. The van der Waals surface area contributed by atoms with Crippen molar-refractivity contribution in [3.8, 4) is 0 Å². The second-order valence-corrected chi connectivity index (χ2v) is 3.76. The number of esters is 1. The van der Waals surface area contributed by atoms with Gasteiger partial charge >= 0.3 is 5.97 Å². The number of rotatable bonds is 7. The van der Waals surface area contributed by atoms with Crippen LogP contribution in [0.4, 0.5) is 5.82 Å². The van der Waals surface area contributed by atoms with E-state index < -0.39 is 0 Å². The Hall–Kier alpha value is -1.85. The Balaban J connectivity index is 2.55. The minimum absolute atomic E-state index is 0.164. The van der Waals surface area contributed by atoms with E-state index in [2.05, 4.69) is 10.3 Å². The molecule has 0 unspecified atom stereocenters. The average molecular weight is 253 g/mol. The van der Waals surface area contributed by atoms with Crippen LogP contribution >= 0.6 is 0 Å². The summed E-state index contributed by atoms with van der Waals surface area (Å²) in [6, 6.07) is 0. The maximum absolute atomic E-state index is 11.9. The molecule has 0 aliphatic carbocycles. The van der Waals surface area contributed by atoms with Gasteiger partial charge in [-0.05, 0) is 13.3 Å². The predicted octanol–water partition coefficient (Wildman–Crippen LogP) is 1.02. The van der Waals surface area contributed by atoms with Gasteiger partial charge in [0.2, 0.25) is 0 Å². The Morgan fingerprint density at radius 2 is 2.28 bits per heavy atom. The fourth-order valence-electron chi connectivity index (χ4n) is 1.50. The van der Waals surface area contributed by atoms with Crippen molar-refractivity contribution in [2.24, 2.45) is 0 Å². The summed E-state index contributed by atoms with van der Waals surface area (Å²) in [7, 11) is 0. The molecule has 0 radical (unpaired) electrons. The lowest BCUT2D eigenvalue weighted by Gasteiger charge is -2.07. The topological polar surface area (TPSA) is 73.2 Å². The summed E-state index contributed by atoms with van der Waals surface area (Å²) in [6.45, 7) is 5.13. The van der Waals surface area contributed by atoms with Gasteiger partial charge in [0.25, 0.3) is 5.56 Å². The van der Waals surface area contributed by atoms with E-state index in [0.717, 1.165) is 6.42 Å². The lowest BCUT2D eigenvalue weighted by atomic mass is 10.4. The van der Waals surface area contributed by atoms with Crippen LogP contribution < -0.4 is 10.9 Å². The molecule has 1 aromatic rings. The number of aryl methyl sites for hydroxylation is 1. The molecule has 100 valence electrons. The van der Waals surface area contributed by atoms with Gasteiger partial charge < -0.3 is 14.6 Å². The van der Waals surface area contributed by atoms with Gasteiger partial charge in [0.15, 0.2) is 5.82 Å².